The summed E-state index contributed by atoms with van der Waals surface area (Å²) >= 11 is 0. The molecule has 0 unspecified atom stereocenters. The summed E-state index contributed by atoms with van der Waals surface area (Å²) in [6.07, 6.45) is 5.00. The summed E-state index contributed by atoms with van der Waals surface area (Å²) in [4.78, 5) is 32.2. The molecule has 1 saturated heterocycles. The standard InChI is InChI=1S/C28H31N3O2/c1-21(2)30-27(33)28(14-16-31(20-28)26(32)17-23-7-6-15-29-19-23)18-22-10-12-25(13-11-22)24-8-4-3-5-9-24/h3-13,15,19,21H,14,16-18,20H2,1-2H3,(H,30,33)/t28-/m1/s1. The Morgan fingerprint density at radius 1 is 0.970 bits per heavy atom. The van der Waals surface area contributed by atoms with Gasteiger partial charge in [0.05, 0.1) is 11.8 Å². The van der Waals surface area contributed by atoms with Gasteiger partial charge in [-0.3, -0.25) is 14.6 Å². The topological polar surface area (TPSA) is 62.3 Å². The number of benzene rings is 2. The van der Waals surface area contributed by atoms with Crippen LogP contribution in [0.2, 0.25) is 0 Å². The van der Waals surface area contributed by atoms with Crippen LogP contribution < -0.4 is 5.32 Å². The quantitative estimate of drug-likeness (QED) is 0.595. The molecule has 1 aromatic heterocycles. The number of carbonyl (C=O) groups excluding carboxylic acids is 2. The molecule has 0 saturated carbocycles. The second-order valence-electron chi connectivity index (χ2n) is 9.25. The van der Waals surface area contributed by atoms with Crippen molar-refractivity contribution in [3.8, 4) is 11.1 Å². The third-order valence-electron chi connectivity index (χ3n) is 6.29. The number of rotatable bonds is 7. The van der Waals surface area contributed by atoms with Crippen molar-refractivity contribution >= 4 is 11.8 Å². The Balaban J connectivity index is 1.51. The van der Waals surface area contributed by atoms with Gasteiger partial charge in [-0.2, -0.15) is 0 Å². The van der Waals surface area contributed by atoms with Crippen molar-refractivity contribution in [3.05, 3.63) is 90.3 Å². The normalized spacial score (nSPS) is 17.8. The maximum Gasteiger partial charge on any atom is 0.228 e. The zero-order chi connectivity index (χ0) is 23.3. The first-order chi connectivity index (χ1) is 15.9. The minimum atomic E-state index is -0.622. The second-order valence-corrected chi connectivity index (χ2v) is 9.25. The Kier molecular flexibility index (Phi) is 6.87. The molecule has 1 fully saturated rings. The van der Waals surface area contributed by atoms with Crippen LogP contribution in [0.3, 0.4) is 0 Å². The van der Waals surface area contributed by atoms with Gasteiger partial charge < -0.3 is 10.2 Å². The van der Waals surface area contributed by atoms with Gasteiger partial charge in [-0.15, -0.1) is 0 Å². The Labute approximate surface area is 195 Å². The van der Waals surface area contributed by atoms with Gasteiger partial charge in [0.1, 0.15) is 0 Å². The number of hydrogen-bond donors (Lipinski definition) is 1. The molecule has 2 amide bonds. The fourth-order valence-corrected chi connectivity index (χ4v) is 4.54. The molecule has 0 aliphatic carbocycles. The Morgan fingerprint density at radius 3 is 2.36 bits per heavy atom. The number of pyridine rings is 1. The van der Waals surface area contributed by atoms with Crippen LogP contribution in [0.1, 0.15) is 31.4 Å². The largest absolute Gasteiger partial charge is 0.353 e. The highest BCUT2D eigenvalue weighted by Gasteiger charge is 2.46. The Hall–Kier alpha value is -3.47. The summed E-state index contributed by atoms with van der Waals surface area (Å²) in [5.41, 5.74) is 3.70. The van der Waals surface area contributed by atoms with Gasteiger partial charge in [0, 0.05) is 31.5 Å². The maximum absolute atomic E-state index is 13.3. The number of aromatic nitrogens is 1. The lowest BCUT2D eigenvalue weighted by Gasteiger charge is -2.29. The van der Waals surface area contributed by atoms with Crippen molar-refractivity contribution in [2.75, 3.05) is 13.1 Å². The molecule has 0 spiro atoms. The van der Waals surface area contributed by atoms with Crippen molar-refractivity contribution in [1.82, 2.24) is 15.2 Å². The molecule has 4 rings (SSSR count). The Morgan fingerprint density at radius 2 is 1.70 bits per heavy atom. The lowest BCUT2D eigenvalue weighted by molar-refractivity contribution is -0.133. The van der Waals surface area contributed by atoms with Gasteiger partial charge >= 0.3 is 0 Å². The minimum Gasteiger partial charge on any atom is -0.353 e. The van der Waals surface area contributed by atoms with E-state index in [-0.39, 0.29) is 17.9 Å². The average molecular weight is 442 g/mol. The molecule has 1 atom stereocenters. The average Bonchev–Trinajstić information content (AvgIpc) is 3.26. The van der Waals surface area contributed by atoms with Crippen molar-refractivity contribution in [2.24, 2.45) is 5.41 Å². The molecule has 33 heavy (non-hydrogen) atoms. The van der Waals surface area contributed by atoms with E-state index in [0.29, 0.717) is 32.4 Å². The number of likely N-dealkylation sites (tertiary alicyclic amines) is 1. The van der Waals surface area contributed by atoms with Crippen molar-refractivity contribution in [1.29, 1.82) is 0 Å². The van der Waals surface area contributed by atoms with Crippen LogP contribution in [0.4, 0.5) is 0 Å². The zero-order valence-electron chi connectivity index (χ0n) is 19.3. The minimum absolute atomic E-state index is 0.0290. The van der Waals surface area contributed by atoms with Crippen LogP contribution >= 0.6 is 0 Å². The highest BCUT2D eigenvalue weighted by Crippen LogP contribution is 2.36. The van der Waals surface area contributed by atoms with E-state index in [2.05, 4.69) is 46.7 Å². The molecule has 2 heterocycles. The Bertz CT molecular complexity index is 1080. The van der Waals surface area contributed by atoms with Gasteiger partial charge in [-0.25, -0.2) is 0 Å². The number of nitrogens with zero attached hydrogens (tertiary/aromatic N) is 2. The molecule has 1 N–H and O–H groups in total. The lowest BCUT2D eigenvalue weighted by Crippen LogP contribution is -2.47. The molecular formula is C28H31N3O2. The van der Waals surface area contributed by atoms with Crippen LogP contribution in [-0.2, 0) is 22.4 Å². The lowest BCUT2D eigenvalue weighted by atomic mass is 9.79. The fourth-order valence-electron chi connectivity index (χ4n) is 4.54. The van der Waals surface area contributed by atoms with Crippen LogP contribution in [0.5, 0.6) is 0 Å². The van der Waals surface area contributed by atoms with E-state index in [1.807, 2.05) is 49.1 Å². The highest BCUT2D eigenvalue weighted by molar-refractivity contribution is 5.86. The first kappa shape index (κ1) is 22.7. The van der Waals surface area contributed by atoms with Crippen molar-refractivity contribution in [3.63, 3.8) is 0 Å². The summed E-state index contributed by atoms with van der Waals surface area (Å²) in [6, 6.07) is 22.5. The number of carbonyl (C=O) groups is 2. The number of nitrogens with one attached hydrogen (secondary N) is 1. The summed E-state index contributed by atoms with van der Waals surface area (Å²) < 4.78 is 0. The predicted molar refractivity (Wildman–Crippen MR) is 130 cm³/mol. The molecule has 0 radical (unpaired) electrons. The van der Waals surface area contributed by atoms with Crippen LogP contribution in [0, 0.1) is 5.41 Å². The van der Waals surface area contributed by atoms with E-state index in [0.717, 1.165) is 16.7 Å². The molecule has 5 heteroatoms. The third kappa shape index (κ3) is 5.48. The summed E-state index contributed by atoms with van der Waals surface area (Å²) in [6.45, 7) is 4.97. The van der Waals surface area contributed by atoms with E-state index in [9.17, 15) is 9.59 Å². The number of amides is 2. The number of hydrogen-bond acceptors (Lipinski definition) is 3. The van der Waals surface area contributed by atoms with E-state index >= 15 is 0 Å². The monoisotopic (exact) mass is 441 g/mol. The smallest absolute Gasteiger partial charge is 0.228 e. The predicted octanol–water partition coefficient (Wildman–Crippen LogP) is 4.28. The molecule has 170 valence electrons. The summed E-state index contributed by atoms with van der Waals surface area (Å²) in [5.74, 6) is 0.0722. The van der Waals surface area contributed by atoms with Crippen LogP contribution in [0.15, 0.2) is 79.1 Å². The van der Waals surface area contributed by atoms with E-state index < -0.39 is 5.41 Å². The maximum atomic E-state index is 13.3. The van der Waals surface area contributed by atoms with E-state index in [1.165, 1.54) is 5.56 Å². The highest BCUT2D eigenvalue weighted by atomic mass is 16.2. The van der Waals surface area contributed by atoms with Gasteiger partial charge in [0.2, 0.25) is 11.8 Å². The first-order valence-corrected chi connectivity index (χ1v) is 11.6. The zero-order valence-corrected chi connectivity index (χ0v) is 19.3. The fraction of sp³-hybridized carbons (Fsp3) is 0.321. The first-order valence-electron chi connectivity index (χ1n) is 11.6. The second kappa shape index (κ2) is 9.99. The van der Waals surface area contributed by atoms with E-state index in [4.69, 9.17) is 0 Å². The van der Waals surface area contributed by atoms with Crippen molar-refractivity contribution < 1.29 is 9.59 Å². The third-order valence-corrected chi connectivity index (χ3v) is 6.29. The molecule has 1 aliphatic heterocycles. The summed E-state index contributed by atoms with van der Waals surface area (Å²) in [5, 5.41) is 3.11. The molecule has 1 aliphatic rings. The van der Waals surface area contributed by atoms with Gasteiger partial charge in [-0.1, -0.05) is 60.7 Å². The van der Waals surface area contributed by atoms with Crippen molar-refractivity contribution in [2.45, 2.75) is 39.2 Å². The van der Waals surface area contributed by atoms with E-state index in [1.54, 1.807) is 12.4 Å². The molecule has 5 nitrogen and oxygen atoms in total. The molecular weight excluding hydrogens is 410 g/mol. The summed E-state index contributed by atoms with van der Waals surface area (Å²) in [7, 11) is 0. The molecule has 2 aromatic carbocycles. The molecule has 3 aromatic rings. The molecule has 0 bridgehead atoms. The SMILES string of the molecule is CC(C)NC(=O)[C@@]1(Cc2ccc(-c3ccccc3)cc2)CCN(C(=O)Cc2cccnc2)C1. The van der Waals surface area contributed by atoms with Gasteiger partial charge in [0.25, 0.3) is 0 Å². The van der Waals surface area contributed by atoms with Crippen LogP contribution in [-0.4, -0.2) is 40.8 Å². The van der Waals surface area contributed by atoms with Crippen LogP contribution in [0.25, 0.3) is 11.1 Å². The van der Waals surface area contributed by atoms with Gasteiger partial charge in [-0.05, 0) is 55.0 Å². The van der Waals surface area contributed by atoms with Gasteiger partial charge in [0.15, 0.2) is 0 Å².